The molecule has 1 aromatic rings. The Kier molecular flexibility index (Phi) is 2.98. The number of nitrogens with zero attached hydrogens (tertiary/aromatic N) is 1. The van der Waals surface area contributed by atoms with Gasteiger partial charge in [0, 0.05) is 3.57 Å². The summed E-state index contributed by atoms with van der Waals surface area (Å²) in [6.45, 7) is 0. The van der Waals surface area contributed by atoms with Crippen LogP contribution in [0.1, 0.15) is 17.7 Å². The zero-order valence-corrected chi connectivity index (χ0v) is 8.30. The van der Waals surface area contributed by atoms with E-state index in [1.807, 2.05) is 4.98 Å². The van der Waals surface area contributed by atoms with E-state index < -0.39 is 17.7 Å². The van der Waals surface area contributed by atoms with Gasteiger partial charge in [-0.15, -0.1) is 0 Å². The second-order valence-electron chi connectivity index (χ2n) is 2.19. The summed E-state index contributed by atoms with van der Waals surface area (Å²) in [6, 6.07) is 2.72. The Morgan fingerprint density at radius 2 is 2.23 bits per heavy atom. The van der Waals surface area contributed by atoms with Gasteiger partial charge in [-0.25, -0.2) is 8.78 Å². The van der Waals surface area contributed by atoms with E-state index in [0.29, 0.717) is 0 Å². The van der Waals surface area contributed by atoms with Crippen LogP contribution in [-0.2, 0) is 0 Å². The van der Waals surface area contributed by atoms with Crippen molar-refractivity contribution in [2.45, 2.75) is 6.43 Å². The first-order valence-corrected chi connectivity index (χ1v) is 4.25. The third-order valence-electron chi connectivity index (χ3n) is 1.35. The lowest BCUT2D eigenvalue weighted by Gasteiger charge is -2.00. The molecule has 0 aliphatic rings. The number of pyridine rings is 1. The second-order valence-corrected chi connectivity index (χ2v) is 3.35. The normalized spacial score (nSPS) is 10.1. The zero-order valence-electron chi connectivity index (χ0n) is 6.14. The summed E-state index contributed by atoms with van der Waals surface area (Å²) in [6.07, 6.45) is -2.73. The van der Waals surface area contributed by atoms with Crippen LogP contribution in [0.2, 0.25) is 0 Å². The summed E-state index contributed by atoms with van der Waals surface area (Å²) >= 11 is 1.67. The van der Waals surface area contributed by atoms with Crippen molar-refractivity contribution in [3.63, 3.8) is 0 Å². The van der Waals surface area contributed by atoms with Crippen LogP contribution < -0.4 is 5.56 Å². The minimum Gasteiger partial charge on any atom is -0.320 e. The van der Waals surface area contributed by atoms with Gasteiger partial charge >= 0.3 is 0 Å². The van der Waals surface area contributed by atoms with E-state index in [2.05, 4.69) is 0 Å². The quantitative estimate of drug-likeness (QED) is 0.803. The van der Waals surface area contributed by atoms with E-state index in [0.717, 1.165) is 6.07 Å². The van der Waals surface area contributed by atoms with Gasteiger partial charge in [0.25, 0.3) is 12.0 Å². The number of nitrogens with one attached hydrogen (secondary N) is 1. The van der Waals surface area contributed by atoms with E-state index >= 15 is 0 Å². The number of H-pyrrole nitrogens is 1. The van der Waals surface area contributed by atoms with Gasteiger partial charge in [0.05, 0.1) is 5.69 Å². The summed E-state index contributed by atoms with van der Waals surface area (Å²) in [4.78, 5) is 12.9. The average Bonchev–Trinajstić information content (AvgIpc) is 2.03. The molecule has 1 N–H and O–H groups in total. The lowest BCUT2D eigenvalue weighted by Crippen LogP contribution is -2.14. The SMILES string of the molecule is N#Cc1c(I)cc(C(F)F)[nH]c1=O. The van der Waals surface area contributed by atoms with Crippen molar-refractivity contribution >= 4 is 22.6 Å². The molecule has 3 nitrogen and oxygen atoms in total. The summed E-state index contributed by atoms with van der Waals surface area (Å²) in [7, 11) is 0. The molecule has 13 heavy (non-hydrogen) atoms. The molecule has 6 heteroatoms. The van der Waals surface area contributed by atoms with E-state index in [1.54, 1.807) is 28.7 Å². The highest BCUT2D eigenvalue weighted by Gasteiger charge is 2.12. The maximum absolute atomic E-state index is 12.1. The Morgan fingerprint density at radius 1 is 1.62 bits per heavy atom. The smallest absolute Gasteiger partial charge is 0.278 e. The van der Waals surface area contributed by atoms with Crippen molar-refractivity contribution in [1.29, 1.82) is 5.26 Å². The molecule has 1 aromatic heterocycles. The molecule has 0 radical (unpaired) electrons. The van der Waals surface area contributed by atoms with Gasteiger partial charge in [-0.1, -0.05) is 0 Å². The molecule has 0 saturated heterocycles. The Labute approximate surface area is 85.5 Å². The van der Waals surface area contributed by atoms with Gasteiger partial charge in [0.1, 0.15) is 11.6 Å². The monoisotopic (exact) mass is 296 g/mol. The van der Waals surface area contributed by atoms with Gasteiger partial charge < -0.3 is 4.98 Å². The molecule has 0 aliphatic carbocycles. The first-order valence-electron chi connectivity index (χ1n) is 3.17. The number of aromatic amines is 1. The lowest BCUT2D eigenvalue weighted by molar-refractivity contribution is 0.145. The molecule has 0 aromatic carbocycles. The molecular formula is C7H3F2IN2O. The van der Waals surface area contributed by atoms with Crippen LogP contribution in [0.5, 0.6) is 0 Å². The highest BCUT2D eigenvalue weighted by Crippen LogP contribution is 2.17. The number of hydrogen-bond donors (Lipinski definition) is 1. The largest absolute Gasteiger partial charge is 0.320 e. The fourth-order valence-electron chi connectivity index (χ4n) is 0.769. The predicted molar refractivity (Wildman–Crippen MR) is 49.5 cm³/mol. The van der Waals surface area contributed by atoms with Crippen molar-refractivity contribution in [3.05, 3.63) is 31.2 Å². The van der Waals surface area contributed by atoms with E-state index in [4.69, 9.17) is 5.26 Å². The molecule has 68 valence electrons. The van der Waals surface area contributed by atoms with Gasteiger partial charge in [-0.2, -0.15) is 5.26 Å². The molecule has 0 bridgehead atoms. The molecule has 1 rings (SSSR count). The van der Waals surface area contributed by atoms with Crippen LogP contribution in [0.3, 0.4) is 0 Å². The predicted octanol–water partition coefficient (Wildman–Crippen LogP) is 1.79. The Hall–Kier alpha value is -0.970. The van der Waals surface area contributed by atoms with Crippen LogP contribution in [-0.4, -0.2) is 4.98 Å². The van der Waals surface area contributed by atoms with Crippen LogP contribution >= 0.6 is 22.6 Å². The Morgan fingerprint density at radius 3 is 2.62 bits per heavy atom. The molecule has 1 heterocycles. The highest BCUT2D eigenvalue weighted by atomic mass is 127. The molecule has 0 unspecified atom stereocenters. The molecule has 0 aliphatic heterocycles. The zero-order chi connectivity index (χ0) is 10.0. The molecule has 0 saturated carbocycles. The van der Waals surface area contributed by atoms with E-state index in [9.17, 15) is 13.6 Å². The molecular weight excluding hydrogens is 293 g/mol. The topological polar surface area (TPSA) is 56.6 Å². The summed E-state index contributed by atoms with van der Waals surface area (Å²) < 4.78 is 24.4. The van der Waals surface area contributed by atoms with Crippen molar-refractivity contribution < 1.29 is 8.78 Å². The fraction of sp³-hybridized carbons (Fsp3) is 0.143. The Bertz CT molecular complexity index is 421. The summed E-state index contributed by atoms with van der Waals surface area (Å²) in [5.74, 6) is 0. The van der Waals surface area contributed by atoms with Crippen LogP contribution in [0.4, 0.5) is 8.78 Å². The lowest BCUT2D eigenvalue weighted by atomic mass is 10.2. The third-order valence-corrected chi connectivity index (χ3v) is 2.20. The first-order chi connectivity index (χ1) is 6.06. The number of rotatable bonds is 1. The van der Waals surface area contributed by atoms with Crippen LogP contribution in [0, 0.1) is 14.9 Å². The molecule has 0 amide bonds. The second kappa shape index (κ2) is 3.83. The number of alkyl halides is 2. The minimum atomic E-state index is -2.73. The Balaban J connectivity index is 3.40. The van der Waals surface area contributed by atoms with Gasteiger partial charge in [0.2, 0.25) is 0 Å². The number of aromatic nitrogens is 1. The van der Waals surface area contributed by atoms with Crippen LogP contribution in [0.25, 0.3) is 0 Å². The van der Waals surface area contributed by atoms with Crippen LogP contribution in [0.15, 0.2) is 10.9 Å². The van der Waals surface area contributed by atoms with Gasteiger partial charge in [-0.05, 0) is 28.7 Å². The molecule has 0 fully saturated rings. The fourth-order valence-corrected chi connectivity index (χ4v) is 1.47. The molecule has 0 spiro atoms. The maximum Gasteiger partial charge on any atom is 0.278 e. The minimum absolute atomic E-state index is 0.134. The summed E-state index contributed by atoms with van der Waals surface area (Å²) in [5, 5.41) is 8.47. The number of halogens is 3. The van der Waals surface area contributed by atoms with Gasteiger partial charge in [-0.3, -0.25) is 4.79 Å². The van der Waals surface area contributed by atoms with E-state index in [1.165, 1.54) is 0 Å². The maximum atomic E-state index is 12.1. The van der Waals surface area contributed by atoms with Crippen molar-refractivity contribution in [1.82, 2.24) is 4.98 Å². The third kappa shape index (κ3) is 2.03. The molecule has 0 atom stereocenters. The average molecular weight is 296 g/mol. The van der Waals surface area contributed by atoms with E-state index in [-0.39, 0.29) is 9.13 Å². The first kappa shape index (κ1) is 10.1. The summed E-state index contributed by atoms with van der Waals surface area (Å²) in [5.41, 5.74) is -1.37. The standard InChI is InChI=1S/C7H3F2IN2O/c8-6(9)5-1-4(10)3(2-11)7(13)12-5/h1,6H,(H,12,13). The highest BCUT2D eigenvalue weighted by molar-refractivity contribution is 14.1. The number of hydrogen-bond acceptors (Lipinski definition) is 2. The van der Waals surface area contributed by atoms with Gasteiger partial charge in [0.15, 0.2) is 0 Å². The van der Waals surface area contributed by atoms with Crippen molar-refractivity contribution in [2.75, 3.05) is 0 Å². The van der Waals surface area contributed by atoms with Crippen molar-refractivity contribution in [2.24, 2.45) is 0 Å². The number of nitriles is 1. The van der Waals surface area contributed by atoms with Crippen molar-refractivity contribution in [3.8, 4) is 6.07 Å².